The number of rotatable bonds is 7. The lowest BCUT2D eigenvalue weighted by atomic mass is 10.1. The molecule has 100 valence electrons. The van der Waals surface area contributed by atoms with Gasteiger partial charge in [0.15, 0.2) is 0 Å². The topological polar surface area (TPSA) is 81.7 Å². The van der Waals surface area contributed by atoms with Crippen molar-refractivity contribution >= 4 is 12.0 Å². The first-order chi connectivity index (χ1) is 7.88. The van der Waals surface area contributed by atoms with Crippen LogP contribution in [0.1, 0.15) is 20.8 Å². The summed E-state index contributed by atoms with van der Waals surface area (Å²) in [6.45, 7) is 7.68. The molecule has 6 nitrogen and oxygen atoms in total. The molecule has 0 saturated carbocycles. The lowest BCUT2D eigenvalue weighted by Gasteiger charge is -2.19. The van der Waals surface area contributed by atoms with Crippen molar-refractivity contribution in [3.05, 3.63) is 0 Å². The van der Waals surface area contributed by atoms with Crippen LogP contribution in [0.5, 0.6) is 0 Å². The highest BCUT2D eigenvalue weighted by Crippen LogP contribution is 2.00. The van der Waals surface area contributed by atoms with Crippen LogP contribution < -0.4 is 10.6 Å². The smallest absolute Gasteiger partial charge is 0.326 e. The molecule has 17 heavy (non-hydrogen) atoms. The van der Waals surface area contributed by atoms with E-state index in [0.717, 1.165) is 13.1 Å². The molecular weight excluding hydrogens is 222 g/mol. The zero-order valence-electron chi connectivity index (χ0n) is 11.0. The number of carboxylic acid groups (broad SMARTS) is 1. The third-order valence-corrected chi connectivity index (χ3v) is 2.54. The summed E-state index contributed by atoms with van der Waals surface area (Å²) in [5.74, 6) is -1.16. The Kier molecular flexibility index (Phi) is 7.29. The molecule has 0 rings (SSSR count). The van der Waals surface area contributed by atoms with Crippen LogP contribution in [0.4, 0.5) is 4.79 Å². The van der Waals surface area contributed by atoms with Gasteiger partial charge in [-0.05, 0) is 19.5 Å². The van der Waals surface area contributed by atoms with Gasteiger partial charge in [0.1, 0.15) is 6.04 Å². The van der Waals surface area contributed by atoms with Crippen LogP contribution in [0.2, 0.25) is 0 Å². The first kappa shape index (κ1) is 15.7. The van der Waals surface area contributed by atoms with E-state index in [2.05, 4.69) is 15.5 Å². The molecule has 0 saturated heterocycles. The first-order valence-corrected chi connectivity index (χ1v) is 5.84. The number of amides is 2. The number of carbonyl (C=O) groups is 2. The molecule has 2 amide bonds. The van der Waals surface area contributed by atoms with E-state index in [1.165, 1.54) is 0 Å². The van der Waals surface area contributed by atoms with Crippen LogP contribution in [0.25, 0.3) is 0 Å². The van der Waals surface area contributed by atoms with Crippen molar-refractivity contribution in [1.29, 1.82) is 0 Å². The Labute approximate surface area is 102 Å². The fourth-order valence-corrected chi connectivity index (χ4v) is 1.22. The van der Waals surface area contributed by atoms with Gasteiger partial charge in [-0.2, -0.15) is 0 Å². The SMILES string of the molecule is CCN(C)CCNC(=O)N[C@H](C(=O)O)C(C)C. The van der Waals surface area contributed by atoms with Gasteiger partial charge in [0.05, 0.1) is 0 Å². The number of carbonyl (C=O) groups excluding carboxylic acids is 1. The van der Waals surface area contributed by atoms with Crippen molar-refractivity contribution in [1.82, 2.24) is 15.5 Å². The number of hydrogen-bond acceptors (Lipinski definition) is 3. The van der Waals surface area contributed by atoms with Crippen molar-refractivity contribution < 1.29 is 14.7 Å². The van der Waals surface area contributed by atoms with Gasteiger partial charge in [0, 0.05) is 13.1 Å². The molecule has 0 unspecified atom stereocenters. The van der Waals surface area contributed by atoms with Gasteiger partial charge in [-0.25, -0.2) is 9.59 Å². The molecule has 0 aliphatic carbocycles. The maximum Gasteiger partial charge on any atom is 0.326 e. The van der Waals surface area contributed by atoms with Crippen LogP contribution in [0.15, 0.2) is 0 Å². The van der Waals surface area contributed by atoms with Crippen molar-refractivity contribution in [3.63, 3.8) is 0 Å². The molecule has 0 aromatic carbocycles. The second-order valence-electron chi connectivity index (χ2n) is 4.36. The molecular formula is C11H23N3O3. The lowest BCUT2D eigenvalue weighted by molar-refractivity contribution is -0.140. The second-order valence-corrected chi connectivity index (χ2v) is 4.36. The van der Waals surface area contributed by atoms with Crippen LogP contribution in [-0.2, 0) is 4.79 Å². The minimum Gasteiger partial charge on any atom is -0.480 e. The Bertz CT molecular complexity index is 256. The summed E-state index contributed by atoms with van der Waals surface area (Å²) in [5, 5.41) is 14.0. The number of nitrogens with zero attached hydrogens (tertiary/aromatic N) is 1. The molecule has 0 heterocycles. The van der Waals surface area contributed by atoms with Gasteiger partial charge in [-0.1, -0.05) is 20.8 Å². The number of aliphatic carboxylic acids is 1. The highest BCUT2D eigenvalue weighted by molar-refractivity contribution is 5.82. The molecule has 0 bridgehead atoms. The number of hydrogen-bond donors (Lipinski definition) is 3. The molecule has 0 radical (unpaired) electrons. The van der Waals surface area contributed by atoms with Gasteiger partial charge in [0.25, 0.3) is 0 Å². The van der Waals surface area contributed by atoms with Crippen LogP contribution in [-0.4, -0.2) is 54.7 Å². The summed E-state index contributed by atoms with van der Waals surface area (Å²) in [5.41, 5.74) is 0. The van der Waals surface area contributed by atoms with Gasteiger partial charge in [-0.3, -0.25) is 0 Å². The average molecular weight is 245 g/mol. The van der Waals surface area contributed by atoms with E-state index in [4.69, 9.17) is 5.11 Å². The Morgan fingerprint density at radius 2 is 1.94 bits per heavy atom. The molecule has 6 heteroatoms. The Morgan fingerprint density at radius 3 is 2.35 bits per heavy atom. The van der Waals surface area contributed by atoms with Crippen LogP contribution in [0, 0.1) is 5.92 Å². The minimum atomic E-state index is -1.01. The van der Waals surface area contributed by atoms with Gasteiger partial charge in [0.2, 0.25) is 0 Å². The number of likely N-dealkylation sites (N-methyl/N-ethyl adjacent to an activating group) is 1. The van der Waals surface area contributed by atoms with E-state index in [9.17, 15) is 9.59 Å². The van der Waals surface area contributed by atoms with E-state index in [0.29, 0.717) is 6.54 Å². The third kappa shape index (κ3) is 6.78. The zero-order chi connectivity index (χ0) is 13.4. The van der Waals surface area contributed by atoms with E-state index >= 15 is 0 Å². The third-order valence-electron chi connectivity index (χ3n) is 2.54. The van der Waals surface area contributed by atoms with E-state index in [1.54, 1.807) is 13.8 Å². The van der Waals surface area contributed by atoms with E-state index in [-0.39, 0.29) is 5.92 Å². The summed E-state index contributed by atoms with van der Waals surface area (Å²) >= 11 is 0. The van der Waals surface area contributed by atoms with Crippen molar-refractivity contribution in [2.75, 3.05) is 26.7 Å². The normalized spacial score (nSPS) is 12.6. The Balaban J connectivity index is 3.95. The highest BCUT2D eigenvalue weighted by atomic mass is 16.4. The maximum atomic E-state index is 11.4. The van der Waals surface area contributed by atoms with E-state index in [1.807, 2.05) is 14.0 Å². The fourth-order valence-electron chi connectivity index (χ4n) is 1.22. The largest absolute Gasteiger partial charge is 0.480 e. The predicted octanol–water partition coefficient (Wildman–Crippen LogP) is 0.347. The van der Waals surface area contributed by atoms with Crippen LogP contribution in [0.3, 0.4) is 0 Å². The molecule has 0 aliphatic rings. The van der Waals surface area contributed by atoms with Crippen molar-refractivity contribution in [3.8, 4) is 0 Å². The molecule has 3 N–H and O–H groups in total. The summed E-state index contributed by atoms with van der Waals surface area (Å²) < 4.78 is 0. The molecule has 0 aromatic heterocycles. The van der Waals surface area contributed by atoms with Gasteiger partial charge < -0.3 is 20.6 Å². The highest BCUT2D eigenvalue weighted by Gasteiger charge is 2.22. The quantitative estimate of drug-likeness (QED) is 0.604. The lowest BCUT2D eigenvalue weighted by Crippen LogP contribution is -2.49. The molecule has 0 spiro atoms. The summed E-state index contributed by atoms with van der Waals surface area (Å²) in [6.07, 6.45) is 0. The van der Waals surface area contributed by atoms with Crippen molar-refractivity contribution in [2.45, 2.75) is 26.8 Å². The summed E-state index contributed by atoms with van der Waals surface area (Å²) in [4.78, 5) is 24.3. The van der Waals surface area contributed by atoms with Gasteiger partial charge in [-0.15, -0.1) is 0 Å². The molecule has 0 aromatic rings. The molecule has 0 fully saturated rings. The Morgan fingerprint density at radius 1 is 1.35 bits per heavy atom. The fraction of sp³-hybridized carbons (Fsp3) is 0.818. The monoisotopic (exact) mass is 245 g/mol. The van der Waals surface area contributed by atoms with Crippen molar-refractivity contribution in [2.24, 2.45) is 5.92 Å². The average Bonchev–Trinajstić information content (AvgIpc) is 2.24. The zero-order valence-corrected chi connectivity index (χ0v) is 11.0. The standard InChI is InChI=1S/C11H23N3O3/c1-5-14(4)7-6-12-11(17)13-9(8(2)3)10(15)16/h8-9H,5-7H2,1-4H3,(H,15,16)(H2,12,13,17)/t9-/m0/s1. The summed E-state index contributed by atoms with van der Waals surface area (Å²) in [6, 6.07) is -1.28. The second kappa shape index (κ2) is 7.89. The molecule has 0 aliphatic heterocycles. The van der Waals surface area contributed by atoms with E-state index < -0.39 is 18.0 Å². The van der Waals surface area contributed by atoms with Gasteiger partial charge >= 0.3 is 12.0 Å². The first-order valence-electron chi connectivity index (χ1n) is 5.84. The number of nitrogens with one attached hydrogen (secondary N) is 2. The van der Waals surface area contributed by atoms with Crippen LogP contribution >= 0.6 is 0 Å². The Hall–Kier alpha value is -1.30. The maximum absolute atomic E-state index is 11.4. The predicted molar refractivity (Wildman–Crippen MR) is 66.0 cm³/mol. The molecule has 1 atom stereocenters. The minimum absolute atomic E-state index is 0.142. The summed E-state index contributed by atoms with van der Waals surface area (Å²) in [7, 11) is 1.95. The number of urea groups is 1. The number of carboxylic acids is 1.